The summed E-state index contributed by atoms with van der Waals surface area (Å²) in [7, 11) is 2.22. The summed E-state index contributed by atoms with van der Waals surface area (Å²) in [6.45, 7) is 2.52. The molecular formula is C12H18N2. The average Bonchev–Trinajstić information content (AvgIpc) is 2.19. The van der Waals surface area contributed by atoms with Gasteiger partial charge in [-0.1, -0.05) is 0 Å². The monoisotopic (exact) mass is 190 g/mol. The predicted molar refractivity (Wildman–Crippen MR) is 58.2 cm³/mol. The van der Waals surface area contributed by atoms with Gasteiger partial charge in [0.05, 0.1) is 0 Å². The van der Waals surface area contributed by atoms with Gasteiger partial charge in [0.25, 0.3) is 0 Å². The summed E-state index contributed by atoms with van der Waals surface area (Å²) < 4.78 is 0. The number of aromatic nitrogens is 1. The molecule has 14 heavy (non-hydrogen) atoms. The van der Waals surface area contributed by atoms with Crippen LogP contribution in [0.5, 0.6) is 0 Å². The van der Waals surface area contributed by atoms with Crippen molar-refractivity contribution in [3.05, 3.63) is 30.1 Å². The molecule has 0 radical (unpaired) electrons. The van der Waals surface area contributed by atoms with E-state index in [0.717, 1.165) is 5.92 Å². The van der Waals surface area contributed by atoms with Crippen molar-refractivity contribution >= 4 is 0 Å². The fraction of sp³-hybridized carbons (Fsp3) is 0.583. The topological polar surface area (TPSA) is 16.1 Å². The van der Waals surface area contributed by atoms with Gasteiger partial charge in [-0.3, -0.25) is 4.98 Å². The molecule has 76 valence electrons. The molecule has 0 bridgehead atoms. The zero-order chi connectivity index (χ0) is 9.80. The summed E-state index contributed by atoms with van der Waals surface area (Å²) in [5.41, 5.74) is 1.43. The molecule has 0 N–H and O–H groups in total. The Morgan fingerprint density at radius 1 is 1.43 bits per heavy atom. The molecule has 1 aromatic heterocycles. The zero-order valence-corrected chi connectivity index (χ0v) is 8.82. The second-order valence-corrected chi connectivity index (χ2v) is 4.33. The highest BCUT2D eigenvalue weighted by Gasteiger charge is 2.16. The van der Waals surface area contributed by atoms with Gasteiger partial charge in [0.1, 0.15) is 0 Å². The van der Waals surface area contributed by atoms with Crippen LogP contribution in [0.25, 0.3) is 0 Å². The van der Waals surface area contributed by atoms with E-state index in [1.165, 1.54) is 37.9 Å². The van der Waals surface area contributed by atoms with Crippen LogP contribution in [0.15, 0.2) is 24.5 Å². The molecule has 2 heteroatoms. The van der Waals surface area contributed by atoms with E-state index in [-0.39, 0.29) is 0 Å². The van der Waals surface area contributed by atoms with Gasteiger partial charge in [0.2, 0.25) is 0 Å². The molecule has 0 saturated carbocycles. The molecule has 1 atom stereocenters. The maximum absolute atomic E-state index is 4.04. The Kier molecular flexibility index (Phi) is 3.14. The van der Waals surface area contributed by atoms with Crippen molar-refractivity contribution in [3.8, 4) is 0 Å². The molecule has 2 rings (SSSR count). The van der Waals surface area contributed by atoms with E-state index >= 15 is 0 Å². The van der Waals surface area contributed by atoms with E-state index in [0.29, 0.717) is 0 Å². The standard InChI is InChI=1S/C12H18N2/c1-14-8-2-3-12(10-14)9-11-4-6-13-7-5-11/h4-7,12H,2-3,8-10H2,1H3. The zero-order valence-electron chi connectivity index (χ0n) is 8.82. The summed E-state index contributed by atoms with van der Waals surface area (Å²) in [6.07, 6.45) is 7.73. The smallest absolute Gasteiger partial charge is 0.0270 e. The van der Waals surface area contributed by atoms with Crippen molar-refractivity contribution in [1.29, 1.82) is 0 Å². The second kappa shape index (κ2) is 4.56. The Morgan fingerprint density at radius 3 is 2.93 bits per heavy atom. The van der Waals surface area contributed by atoms with Gasteiger partial charge in [0.15, 0.2) is 0 Å². The van der Waals surface area contributed by atoms with Crippen LogP contribution in [0.3, 0.4) is 0 Å². The fourth-order valence-electron chi connectivity index (χ4n) is 2.29. The minimum absolute atomic E-state index is 0.844. The van der Waals surface area contributed by atoms with Crippen molar-refractivity contribution in [3.63, 3.8) is 0 Å². The van der Waals surface area contributed by atoms with Crippen LogP contribution in [-0.4, -0.2) is 30.0 Å². The lowest BCUT2D eigenvalue weighted by Crippen LogP contribution is -2.32. The normalized spacial score (nSPS) is 23.6. The summed E-state index contributed by atoms with van der Waals surface area (Å²) in [4.78, 5) is 6.48. The molecule has 2 heterocycles. The van der Waals surface area contributed by atoms with Crippen LogP contribution in [0.4, 0.5) is 0 Å². The number of pyridine rings is 1. The van der Waals surface area contributed by atoms with E-state index in [1.807, 2.05) is 12.4 Å². The third kappa shape index (κ3) is 2.55. The van der Waals surface area contributed by atoms with E-state index in [2.05, 4.69) is 29.1 Å². The maximum Gasteiger partial charge on any atom is 0.0270 e. The van der Waals surface area contributed by atoms with Crippen molar-refractivity contribution < 1.29 is 0 Å². The molecule has 0 aromatic carbocycles. The van der Waals surface area contributed by atoms with Crippen LogP contribution >= 0.6 is 0 Å². The Hall–Kier alpha value is -0.890. The number of hydrogen-bond donors (Lipinski definition) is 0. The molecule has 1 aliphatic rings. The Balaban J connectivity index is 1.91. The first-order valence-corrected chi connectivity index (χ1v) is 5.42. The molecule has 0 aliphatic carbocycles. The lowest BCUT2D eigenvalue weighted by molar-refractivity contribution is 0.209. The lowest BCUT2D eigenvalue weighted by atomic mass is 9.92. The van der Waals surface area contributed by atoms with Gasteiger partial charge in [0, 0.05) is 18.9 Å². The Labute approximate surface area is 86.0 Å². The number of hydrogen-bond acceptors (Lipinski definition) is 2. The van der Waals surface area contributed by atoms with Crippen molar-refractivity contribution in [1.82, 2.24) is 9.88 Å². The number of likely N-dealkylation sites (tertiary alicyclic amines) is 1. The number of rotatable bonds is 2. The van der Waals surface area contributed by atoms with E-state index in [1.54, 1.807) is 0 Å². The largest absolute Gasteiger partial charge is 0.306 e. The summed E-state index contributed by atoms with van der Waals surface area (Å²) in [6, 6.07) is 4.27. The van der Waals surface area contributed by atoms with Gasteiger partial charge >= 0.3 is 0 Å². The first-order valence-electron chi connectivity index (χ1n) is 5.42. The third-order valence-corrected chi connectivity index (χ3v) is 3.00. The van der Waals surface area contributed by atoms with Gasteiger partial charge in [-0.25, -0.2) is 0 Å². The molecule has 2 nitrogen and oxygen atoms in total. The highest BCUT2D eigenvalue weighted by atomic mass is 15.1. The third-order valence-electron chi connectivity index (χ3n) is 3.00. The number of piperidine rings is 1. The fourth-order valence-corrected chi connectivity index (χ4v) is 2.29. The molecule has 1 aliphatic heterocycles. The van der Waals surface area contributed by atoms with Gasteiger partial charge < -0.3 is 4.90 Å². The number of nitrogens with zero attached hydrogens (tertiary/aromatic N) is 2. The molecule has 0 spiro atoms. The Morgan fingerprint density at radius 2 is 2.21 bits per heavy atom. The SMILES string of the molecule is CN1CCCC(Cc2ccncc2)C1. The highest BCUT2D eigenvalue weighted by Crippen LogP contribution is 2.19. The van der Waals surface area contributed by atoms with Gasteiger partial charge in [-0.05, 0) is 56.5 Å². The summed E-state index contributed by atoms with van der Waals surface area (Å²) in [5.74, 6) is 0.844. The lowest BCUT2D eigenvalue weighted by Gasteiger charge is -2.29. The molecule has 0 amide bonds. The molecule has 1 saturated heterocycles. The predicted octanol–water partition coefficient (Wildman–Crippen LogP) is 1.97. The molecular weight excluding hydrogens is 172 g/mol. The van der Waals surface area contributed by atoms with E-state index < -0.39 is 0 Å². The highest BCUT2D eigenvalue weighted by molar-refractivity contribution is 5.10. The van der Waals surface area contributed by atoms with Gasteiger partial charge in [-0.2, -0.15) is 0 Å². The second-order valence-electron chi connectivity index (χ2n) is 4.33. The van der Waals surface area contributed by atoms with Crippen LogP contribution in [0.1, 0.15) is 18.4 Å². The van der Waals surface area contributed by atoms with Crippen molar-refractivity contribution in [2.45, 2.75) is 19.3 Å². The van der Waals surface area contributed by atoms with Crippen LogP contribution in [0.2, 0.25) is 0 Å². The minimum atomic E-state index is 0.844. The van der Waals surface area contributed by atoms with Crippen molar-refractivity contribution in [2.75, 3.05) is 20.1 Å². The van der Waals surface area contributed by atoms with Crippen molar-refractivity contribution in [2.24, 2.45) is 5.92 Å². The molecule has 1 unspecified atom stereocenters. The van der Waals surface area contributed by atoms with E-state index in [9.17, 15) is 0 Å². The first-order chi connectivity index (χ1) is 6.84. The van der Waals surface area contributed by atoms with Crippen LogP contribution in [0, 0.1) is 5.92 Å². The minimum Gasteiger partial charge on any atom is -0.306 e. The molecule has 1 fully saturated rings. The molecule has 1 aromatic rings. The quantitative estimate of drug-likeness (QED) is 0.708. The Bertz CT molecular complexity index is 271. The first kappa shape index (κ1) is 9.66. The average molecular weight is 190 g/mol. The summed E-state index contributed by atoms with van der Waals surface area (Å²) in [5, 5.41) is 0. The van der Waals surface area contributed by atoms with Gasteiger partial charge in [-0.15, -0.1) is 0 Å². The van der Waals surface area contributed by atoms with Crippen LogP contribution in [-0.2, 0) is 6.42 Å². The van der Waals surface area contributed by atoms with E-state index in [4.69, 9.17) is 0 Å². The van der Waals surface area contributed by atoms with Crippen LogP contribution < -0.4 is 0 Å². The maximum atomic E-state index is 4.04. The summed E-state index contributed by atoms with van der Waals surface area (Å²) >= 11 is 0.